The summed E-state index contributed by atoms with van der Waals surface area (Å²) in [5, 5.41) is 5.82. The van der Waals surface area contributed by atoms with Crippen LogP contribution in [-0.2, 0) is 16.0 Å². The van der Waals surface area contributed by atoms with E-state index < -0.39 is 17.2 Å². The van der Waals surface area contributed by atoms with E-state index in [1.54, 1.807) is 39.8 Å². The number of aryl methyl sites for hydroxylation is 1. The zero-order chi connectivity index (χ0) is 21.7. The molecule has 0 saturated heterocycles. The molecule has 0 aliphatic carbocycles. The van der Waals surface area contributed by atoms with E-state index in [9.17, 15) is 9.59 Å². The topological polar surface area (TPSA) is 107 Å². The maximum atomic E-state index is 12.7. The summed E-state index contributed by atoms with van der Waals surface area (Å²) in [7, 11) is 0. The number of carbonyl (C=O) groups is 2. The van der Waals surface area contributed by atoms with E-state index in [1.807, 2.05) is 13.8 Å². The van der Waals surface area contributed by atoms with Crippen LogP contribution in [-0.4, -0.2) is 34.7 Å². The van der Waals surface area contributed by atoms with Crippen molar-refractivity contribution in [2.75, 3.05) is 6.54 Å². The summed E-state index contributed by atoms with van der Waals surface area (Å²) in [5.74, 6) is 1.23. The van der Waals surface area contributed by atoms with Gasteiger partial charge in [0.15, 0.2) is 5.76 Å². The first-order valence-electron chi connectivity index (χ1n) is 9.85. The molecule has 8 heteroatoms. The van der Waals surface area contributed by atoms with Crippen LogP contribution in [0.1, 0.15) is 58.9 Å². The van der Waals surface area contributed by atoms with E-state index in [0.29, 0.717) is 35.9 Å². The van der Waals surface area contributed by atoms with Gasteiger partial charge in [0.25, 0.3) is 5.89 Å². The molecule has 2 N–H and O–H groups in total. The standard InChI is InChI=1S/C21H31N3O5/c1-7-21(8-2,13-22-19(26)29-20(4,5)6)24-17(25)12-15-14(3)28-18(23-15)16-10-9-11-27-16/h9-11H,7-8,12-13H2,1-6H3,(H,22,26)(H,24,25). The van der Waals surface area contributed by atoms with Gasteiger partial charge in [0.1, 0.15) is 11.4 Å². The van der Waals surface area contributed by atoms with Gasteiger partial charge in [0.05, 0.1) is 23.9 Å². The Morgan fingerprint density at radius 2 is 1.90 bits per heavy atom. The predicted molar refractivity (Wildman–Crippen MR) is 108 cm³/mol. The largest absolute Gasteiger partial charge is 0.459 e. The minimum atomic E-state index is -0.579. The zero-order valence-electron chi connectivity index (χ0n) is 18.0. The van der Waals surface area contributed by atoms with Crippen molar-refractivity contribution in [1.82, 2.24) is 15.6 Å². The molecule has 0 fully saturated rings. The van der Waals surface area contributed by atoms with E-state index in [-0.39, 0.29) is 18.9 Å². The van der Waals surface area contributed by atoms with Crippen molar-refractivity contribution < 1.29 is 23.2 Å². The summed E-state index contributed by atoms with van der Waals surface area (Å²) in [6.45, 7) is 11.4. The molecule has 0 bridgehead atoms. The van der Waals surface area contributed by atoms with E-state index in [4.69, 9.17) is 13.6 Å². The molecule has 29 heavy (non-hydrogen) atoms. The second-order valence-corrected chi connectivity index (χ2v) is 8.07. The normalized spacial score (nSPS) is 11.9. The average molecular weight is 405 g/mol. The Morgan fingerprint density at radius 3 is 2.45 bits per heavy atom. The highest BCUT2D eigenvalue weighted by Crippen LogP contribution is 2.23. The molecule has 0 aliphatic heterocycles. The van der Waals surface area contributed by atoms with Crippen molar-refractivity contribution in [3.05, 3.63) is 29.9 Å². The lowest BCUT2D eigenvalue weighted by atomic mass is 9.92. The van der Waals surface area contributed by atoms with E-state index in [2.05, 4.69) is 15.6 Å². The summed E-state index contributed by atoms with van der Waals surface area (Å²) in [4.78, 5) is 29.1. The van der Waals surface area contributed by atoms with Gasteiger partial charge in [-0.25, -0.2) is 9.78 Å². The molecule has 0 radical (unpaired) electrons. The maximum Gasteiger partial charge on any atom is 0.407 e. The molecule has 2 amide bonds. The predicted octanol–water partition coefficient (Wildman–Crippen LogP) is 3.99. The summed E-state index contributed by atoms with van der Waals surface area (Å²) < 4.78 is 16.2. The summed E-state index contributed by atoms with van der Waals surface area (Å²) in [6.07, 6.45) is 2.41. The van der Waals surface area contributed by atoms with Crippen molar-refractivity contribution in [2.45, 2.75) is 71.9 Å². The first-order valence-corrected chi connectivity index (χ1v) is 9.85. The molecular formula is C21H31N3O5. The number of alkyl carbamates (subject to hydrolysis) is 1. The first-order chi connectivity index (χ1) is 13.6. The monoisotopic (exact) mass is 405 g/mol. The summed E-state index contributed by atoms with van der Waals surface area (Å²) in [5.41, 5.74) is -0.602. The molecule has 2 heterocycles. The van der Waals surface area contributed by atoms with E-state index >= 15 is 0 Å². The second-order valence-electron chi connectivity index (χ2n) is 8.07. The van der Waals surface area contributed by atoms with Gasteiger partial charge < -0.3 is 24.2 Å². The molecule has 0 aromatic carbocycles. The number of hydrogen-bond acceptors (Lipinski definition) is 6. The number of carbonyl (C=O) groups excluding carboxylic acids is 2. The molecular weight excluding hydrogens is 374 g/mol. The highest BCUT2D eigenvalue weighted by molar-refractivity contribution is 5.79. The van der Waals surface area contributed by atoms with Crippen molar-refractivity contribution in [1.29, 1.82) is 0 Å². The molecule has 0 saturated carbocycles. The fraction of sp³-hybridized carbons (Fsp3) is 0.571. The van der Waals surface area contributed by atoms with Crippen LogP contribution < -0.4 is 10.6 Å². The third-order valence-corrected chi connectivity index (χ3v) is 4.68. The number of oxazole rings is 1. The van der Waals surface area contributed by atoms with Gasteiger partial charge in [-0.1, -0.05) is 13.8 Å². The quantitative estimate of drug-likeness (QED) is 0.688. The second kappa shape index (κ2) is 9.15. The molecule has 2 rings (SSSR count). The third-order valence-electron chi connectivity index (χ3n) is 4.68. The Balaban J connectivity index is 2.01. The molecule has 0 atom stereocenters. The van der Waals surface area contributed by atoms with Crippen molar-refractivity contribution in [2.24, 2.45) is 0 Å². The lowest BCUT2D eigenvalue weighted by Gasteiger charge is -2.33. The molecule has 2 aromatic rings. The van der Waals surface area contributed by atoms with Gasteiger partial charge >= 0.3 is 6.09 Å². The van der Waals surface area contributed by atoms with Crippen LogP contribution >= 0.6 is 0 Å². The molecule has 8 nitrogen and oxygen atoms in total. The number of hydrogen-bond donors (Lipinski definition) is 2. The number of nitrogens with one attached hydrogen (secondary N) is 2. The van der Waals surface area contributed by atoms with Crippen LogP contribution in [0.3, 0.4) is 0 Å². The summed E-state index contributed by atoms with van der Waals surface area (Å²) >= 11 is 0. The minimum absolute atomic E-state index is 0.0736. The van der Waals surface area contributed by atoms with Crippen LogP contribution in [0, 0.1) is 6.92 Å². The SMILES string of the molecule is CCC(CC)(CNC(=O)OC(C)(C)C)NC(=O)Cc1nc(-c2ccco2)oc1C. The van der Waals surface area contributed by atoms with Gasteiger partial charge in [0, 0.05) is 6.54 Å². The van der Waals surface area contributed by atoms with Gasteiger partial charge in [-0.15, -0.1) is 0 Å². The summed E-state index contributed by atoms with van der Waals surface area (Å²) in [6, 6.07) is 3.49. The Hall–Kier alpha value is -2.77. The molecule has 2 aromatic heterocycles. The van der Waals surface area contributed by atoms with Crippen LogP contribution in [0.25, 0.3) is 11.7 Å². The maximum absolute atomic E-state index is 12.7. The lowest BCUT2D eigenvalue weighted by molar-refractivity contribution is -0.122. The number of amides is 2. The van der Waals surface area contributed by atoms with E-state index in [1.165, 1.54) is 6.26 Å². The van der Waals surface area contributed by atoms with Crippen LogP contribution in [0.2, 0.25) is 0 Å². The number of nitrogens with zero attached hydrogens (tertiary/aromatic N) is 1. The molecule has 160 valence electrons. The Bertz CT molecular complexity index is 814. The van der Waals surface area contributed by atoms with Crippen LogP contribution in [0.4, 0.5) is 4.79 Å². The number of furan rings is 1. The fourth-order valence-corrected chi connectivity index (χ4v) is 2.87. The van der Waals surface area contributed by atoms with Crippen molar-refractivity contribution in [3.8, 4) is 11.7 Å². The minimum Gasteiger partial charge on any atom is -0.459 e. The Labute approximate surface area is 171 Å². The first kappa shape index (κ1) is 22.5. The molecule has 0 unspecified atom stereocenters. The Morgan fingerprint density at radius 1 is 1.21 bits per heavy atom. The van der Waals surface area contributed by atoms with Crippen LogP contribution in [0.15, 0.2) is 27.2 Å². The highest BCUT2D eigenvalue weighted by Gasteiger charge is 2.30. The molecule has 0 aliphatic rings. The number of rotatable bonds is 8. The van der Waals surface area contributed by atoms with Crippen molar-refractivity contribution in [3.63, 3.8) is 0 Å². The van der Waals surface area contributed by atoms with E-state index in [0.717, 1.165) is 0 Å². The van der Waals surface area contributed by atoms with Gasteiger partial charge in [0.2, 0.25) is 5.91 Å². The lowest BCUT2D eigenvalue weighted by Crippen LogP contribution is -2.55. The van der Waals surface area contributed by atoms with Gasteiger partial charge in [-0.2, -0.15) is 0 Å². The van der Waals surface area contributed by atoms with Gasteiger partial charge in [-0.05, 0) is 52.7 Å². The third kappa shape index (κ3) is 6.37. The smallest absolute Gasteiger partial charge is 0.407 e. The fourth-order valence-electron chi connectivity index (χ4n) is 2.87. The number of ether oxygens (including phenoxy) is 1. The van der Waals surface area contributed by atoms with Crippen molar-refractivity contribution >= 4 is 12.0 Å². The van der Waals surface area contributed by atoms with Crippen LogP contribution in [0.5, 0.6) is 0 Å². The average Bonchev–Trinajstić information content (AvgIpc) is 3.28. The highest BCUT2D eigenvalue weighted by atomic mass is 16.6. The molecule has 0 spiro atoms. The zero-order valence-corrected chi connectivity index (χ0v) is 18.0. The number of aromatic nitrogens is 1. The Kier molecular flexibility index (Phi) is 7.11. The van der Waals surface area contributed by atoms with Gasteiger partial charge in [-0.3, -0.25) is 4.79 Å².